The summed E-state index contributed by atoms with van der Waals surface area (Å²) < 4.78 is 5.38. The van der Waals surface area contributed by atoms with Crippen LogP contribution < -0.4 is 10.2 Å². The maximum Gasteiger partial charge on any atom is 0.266 e. The number of anilines is 2. The molecule has 0 aliphatic carbocycles. The fourth-order valence-corrected chi connectivity index (χ4v) is 3.14. The number of carbonyl (C=O) groups excluding carboxylic acids is 1. The van der Waals surface area contributed by atoms with Crippen LogP contribution in [0.2, 0.25) is 10.0 Å². The monoisotopic (exact) mass is 401 g/mol. The van der Waals surface area contributed by atoms with E-state index >= 15 is 0 Å². The number of morpholine rings is 1. The van der Waals surface area contributed by atoms with Gasteiger partial charge in [-0.2, -0.15) is 5.26 Å². The molecule has 1 aliphatic heterocycles. The average molecular weight is 402 g/mol. The Morgan fingerprint density at radius 1 is 1.19 bits per heavy atom. The summed E-state index contributed by atoms with van der Waals surface area (Å²) in [4.78, 5) is 14.8. The highest BCUT2D eigenvalue weighted by Crippen LogP contribution is 2.30. The van der Waals surface area contributed by atoms with E-state index in [0.29, 0.717) is 47.6 Å². The first-order valence-corrected chi connectivity index (χ1v) is 9.14. The van der Waals surface area contributed by atoms with E-state index in [1.807, 2.05) is 12.1 Å². The fourth-order valence-electron chi connectivity index (χ4n) is 2.77. The summed E-state index contributed by atoms with van der Waals surface area (Å²) >= 11 is 12.2. The first kappa shape index (κ1) is 19.2. The van der Waals surface area contributed by atoms with Crippen molar-refractivity contribution >= 4 is 46.6 Å². The van der Waals surface area contributed by atoms with Gasteiger partial charge in [0.25, 0.3) is 5.91 Å². The van der Waals surface area contributed by atoms with Gasteiger partial charge < -0.3 is 15.0 Å². The van der Waals surface area contributed by atoms with E-state index in [2.05, 4.69) is 10.2 Å². The van der Waals surface area contributed by atoms with Gasteiger partial charge >= 0.3 is 0 Å². The lowest BCUT2D eigenvalue weighted by Gasteiger charge is -2.30. The second-order valence-corrected chi connectivity index (χ2v) is 6.75. The highest BCUT2D eigenvalue weighted by Gasteiger charge is 2.18. The minimum atomic E-state index is -0.519. The summed E-state index contributed by atoms with van der Waals surface area (Å²) in [6.07, 6.45) is 1.47. The highest BCUT2D eigenvalue weighted by molar-refractivity contribution is 6.32. The SMILES string of the molecule is N#C/C(=C\c1ccccc1Cl)C(=O)Nc1cc(Cl)ccc1N1CCOCC1. The summed E-state index contributed by atoms with van der Waals surface area (Å²) in [5.41, 5.74) is 1.95. The number of carbonyl (C=O) groups is 1. The van der Waals surface area contributed by atoms with Gasteiger partial charge in [0.05, 0.1) is 24.6 Å². The van der Waals surface area contributed by atoms with Crippen LogP contribution in [0.4, 0.5) is 11.4 Å². The van der Waals surface area contributed by atoms with E-state index in [1.54, 1.807) is 36.4 Å². The number of ether oxygens (including phenoxy) is 1. The number of nitrogens with one attached hydrogen (secondary N) is 1. The predicted molar refractivity (Wildman–Crippen MR) is 108 cm³/mol. The van der Waals surface area contributed by atoms with Crippen molar-refractivity contribution in [2.24, 2.45) is 0 Å². The van der Waals surface area contributed by atoms with Crippen LogP contribution in [-0.2, 0) is 9.53 Å². The average Bonchev–Trinajstić information content (AvgIpc) is 2.68. The summed E-state index contributed by atoms with van der Waals surface area (Å²) in [5, 5.41) is 13.2. The number of hydrogen-bond acceptors (Lipinski definition) is 4. The van der Waals surface area contributed by atoms with Crippen LogP contribution in [0.3, 0.4) is 0 Å². The normalized spacial score (nSPS) is 14.6. The molecule has 27 heavy (non-hydrogen) atoms. The molecule has 1 heterocycles. The van der Waals surface area contributed by atoms with Gasteiger partial charge in [-0.25, -0.2) is 0 Å². The number of rotatable bonds is 4. The molecular weight excluding hydrogens is 385 g/mol. The first-order valence-electron chi connectivity index (χ1n) is 8.38. The number of nitrogens with zero attached hydrogens (tertiary/aromatic N) is 2. The zero-order chi connectivity index (χ0) is 19.2. The molecule has 5 nitrogen and oxygen atoms in total. The van der Waals surface area contributed by atoms with Gasteiger partial charge in [-0.15, -0.1) is 0 Å². The molecule has 0 unspecified atom stereocenters. The molecule has 1 fully saturated rings. The van der Waals surface area contributed by atoms with Gasteiger partial charge in [0, 0.05) is 23.1 Å². The number of nitriles is 1. The fraction of sp³-hybridized carbons (Fsp3) is 0.200. The van der Waals surface area contributed by atoms with Crippen LogP contribution in [0.15, 0.2) is 48.0 Å². The van der Waals surface area contributed by atoms with Gasteiger partial charge in [-0.05, 0) is 35.9 Å². The lowest BCUT2D eigenvalue weighted by atomic mass is 10.1. The zero-order valence-electron chi connectivity index (χ0n) is 14.4. The first-order chi connectivity index (χ1) is 13.1. The van der Waals surface area contributed by atoms with E-state index in [1.165, 1.54) is 6.08 Å². The third-order valence-corrected chi connectivity index (χ3v) is 4.71. The molecule has 3 rings (SSSR count). The molecule has 1 aliphatic rings. The van der Waals surface area contributed by atoms with Crippen molar-refractivity contribution in [2.75, 3.05) is 36.5 Å². The summed E-state index contributed by atoms with van der Waals surface area (Å²) in [6.45, 7) is 2.66. The van der Waals surface area contributed by atoms with Gasteiger partial charge in [0.2, 0.25) is 0 Å². The zero-order valence-corrected chi connectivity index (χ0v) is 15.9. The number of halogens is 2. The lowest BCUT2D eigenvalue weighted by molar-refractivity contribution is -0.112. The van der Waals surface area contributed by atoms with Crippen LogP contribution in [0, 0.1) is 11.3 Å². The van der Waals surface area contributed by atoms with Crippen molar-refractivity contribution in [3.63, 3.8) is 0 Å². The Kier molecular flexibility index (Phi) is 6.36. The minimum absolute atomic E-state index is 0.0454. The number of hydrogen-bond donors (Lipinski definition) is 1. The topological polar surface area (TPSA) is 65.4 Å². The molecule has 1 amide bonds. The quantitative estimate of drug-likeness (QED) is 0.609. The Morgan fingerprint density at radius 3 is 2.63 bits per heavy atom. The minimum Gasteiger partial charge on any atom is -0.378 e. The van der Waals surface area contributed by atoms with E-state index in [9.17, 15) is 10.1 Å². The van der Waals surface area contributed by atoms with Crippen LogP contribution >= 0.6 is 23.2 Å². The van der Waals surface area contributed by atoms with Crippen LogP contribution in [0.1, 0.15) is 5.56 Å². The predicted octanol–water partition coefficient (Wildman–Crippen LogP) is 4.38. The van der Waals surface area contributed by atoms with Gasteiger partial charge in [-0.1, -0.05) is 41.4 Å². The molecule has 0 aromatic heterocycles. The second-order valence-electron chi connectivity index (χ2n) is 5.91. The van der Waals surface area contributed by atoms with Crippen molar-refractivity contribution in [1.29, 1.82) is 5.26 Å². The van der Waals surface area contributed by atoms with Crippen molar-refractivity contribution in [2.45, 2.75) is 0 Å². The molecule has 0 bridgehead atoms. The maximum absolute atomic E-state index is 12.7. The summed E-state index contributed by atoms with van der Waals surface area (Å²) in [5.74, 6) is -0.519. The van der Waals surface area contributed by atoms with E-state index in [4.69, 9.17) is 27.9 Å². The Hall–Kier alpha value is -2.52. The molecule has 7 heteroatoms. The molecule has 2 aromatic carbocycles. The lowest BCUT2D eigenvalue weighted by Crippen LogP contribution is -2.36. The molecule has 0 radical (unpaired) electrons. The highest BCUT2D eigenvalue weighted by atomic mass is 35.5. The largest absolute Gasteiger partial charge is 0.378 e. The van der Waals surface area contributed by atoms with Crippen molar-refractivity contribution < 1.29 is 9.53 Å². The third kappa shape index (κ3) is 4.81. The van der Waals surface area contributed by atoms with Gasteiger partial charge in [-0.3, -0.25) is 4.79 Å². The third-order valence-electron chi connectivity index (χ3n) is 4.13. The van der Waals surface area contributed by atoms with E-state index in [-0.39, 0.29) is 5.57 Å². The molecule has 2 aromatic rings. The smallest absolute Gasteiger partial charge is 0.266 e. The second kappa shape index (κ2) is 8.92. The summed E-state index contributed by atoms with van der Waals surface area (Å²) in [7, 11) is 0. The number of amides is 1. The van der Waals surface area contributed by atoms with Crippen LogP contribution in [0.25, 0.3) is 6.08 Å². The van der Waals surface area contributed by atoms with Gasteiger partial charge in [0.15, 0.2) is 0 Å². The van der Waals surface area contributed by atoms with E-state index in [0.717, 1.165) is 5.69 Å². The van der Waals surface area contributed by atoms with Crippen LogP contribution in [-0.4, -0.2) is 32.2 Å². The Bertz CT molecular complexity index is 916. The van der Waals surface area contributed by atoms with Crippen molar-refractivity contribution in [1.82, 2.24) is 0 Å². The summed E-state index contributed by atoms with van der Waals surface area (Å²) in [6, 6.07) is 14.3. The molecular formula is C20H17Cl2N3O2. The van der Waals surface area contributed by atoms with Crippen molar-refractivity contribution in [3.05, 3.63) is 63.6 Å². The standard InChI is InChI=1S/C20H17Cl2N3O2/c21-16-5-6-19(25-7-9-27-10-8-25)18(12-16)24-20(26)15(13-23)11-14-3-1-2-4-17(14)22/h1-6,11-12H,7-10H2,(H,24,26)/b15-11+. The molecule has 1 saturated heterocycles. The molecule has 138 valence electrons. The maximum atomic E-state index is 12.7. The van der Waals surface area contributed by atoms with Gasteiger partial charge in [0.1, 0.15) is 11.6 Å². The molecule has 0 saturated carbocycles. The molecule has 0 atom stereocenters. The molecule has 0 spiro atoms. The Labute approximate surface area is 167 Å². The molecule has 1 N–H and O–H groups in total. The Morgan fingerprint density at radius 2 is 1.93 bits per heavy atom. The van der Waals surface area contributed by atoms with Crippen LogP contribution in [0.5, 0.6) is 0 Å². The number of benzene rings is 2. The van der Waals surface area contributed by atoms with Crippen molar-refractivity contribution in [3.8, 4) is 6.07 Å². The Balaban J connectivity index is 1.87. The van der Waals surface area contributed by atoms with E-state index < -0.39 is 5.91 Å².